The molecule has 0 radical (unpaired) electrons. The molecule has 0 atom stereocenters. The molecule has 1 aliphatic rings. The lowest BCUT2D eigenvalue weighted by Crippen LogP contribution is -2.15. The highest BCUT2D eigenvalue weighted by Crippen LogP contribution is 2.26. The van der Waals surface area contributed by atoms with Crippen LogP contribution in [-0.2, 0) is 6.54 Å². The minimum absolute atomic E-state index is 0.709. The van der Waals surface area contributed by atoms with Crippen molar-refractivity contribution in [2.75, 3.05) is 0 Å². The fourth-order valence-corrected chi connectivity index (χ4v) is 2.68. The maximum atomic E-state index is 5.95. The topological polar surface area (TPSA) is 37.8 Å². The molecule has 1 aliphatic carbocycles. The van der Waals surface area contributed by atoms with Crippen molar-refractivity contribution in [1.29, 1.82) is 0 Å². The summed E-state index contributed by atoms with van der Waals surface area (Å²) in [5.74, 6) is 0. The first-order chi connectivity index (χ1) is 9.29. The van der Waals surface area contributed by atoms with E-state index >= 15 is 0 Å². The average Bonchev–Trinajstić information content (AvgIpc) is 3.22. The van der Waals surface area contributed by atoms with Crippen LogP contribution in [0.4, 0.5) is 0 Å². The molecule has 0 bridgehead atoms. The van der Waals surface area contributed by atoms with Gasteiger partial charge in [0.05, 0.1) is 0 Å². The maximum Gasteiger partial charge on any atom is 0.192 e. The molecule has 98 valence electrons. The van der Waals surface area contributed by atoms with E-state index in [-0.39, 0.29) is 0 Å². The van der Waals surface area contributed by atoms with Crippen LogP contribution in [0.3, 0.4) is 0 Å². The standard InChI is InChI=1S/C14H14ClN3S/c15-11-2-1-3-13(6-11)19-14-17-8-10(9-18-14)7-16-12-4-5-12/h1-3,6,8-9,12,16H,4-5,7H2. The number of aromatic nitrogens is 2. The first-order valence-electron chi connectivity index (χ1n) is 6.27. The van der Waals surface area contributed by atoms with Crippen molar-refractivity contribution >= 4 is 23.4 Å². The maximum absolute atomic E-state index is 5.95. The lowest BCUT2D eigenvalue weighted by Gasteiger charge is -2.04. The third kappa shape index (κ3) is 3.93. The monoisotopic (exact) mass is 291 g/mol. The molecule has 2 aromatic rings. The highest BCUT2D eigenvalue weighted by atomic mass is 35.5. The summed E-state index contributed by atoms with van der Waals surface area (Å²) in [6.45, 7) is 0.854. The Kier molecular flexibility index (Phi) is 4.01. The number of nitrogens with one attached hydrogen (secondary N) is 1. The molecule has 0 unspecified atom stereocenters. The number of rotatable bonds is 5. The summed E-state index contributed by atoms with van der Waals surface area (Å²) >= 11 is 7.47. The summed E-state index contributed by atoms with van der Waals surface area (Å²) in [4.78, 5) is 9.79. The number of nitrogens with zero attached hydrogens (tertiary/aromatic N) is 2. The number of benzene rings is 1. The van der Waals surface area contributed by atoms with Gasteiger partial charge in [0.2, 0.25) is 0 Å². The zero-order chi connectivity index (χ0) is 13.1. The SMILES string of the molecule is Clc1cccc(Sc2ncc(CNC3CC3)cn2)c1. The Morgan fingerprint density at radius 2 is 2.05 bits per heavy atom. The second kappa shape index (κ2) is 5.90. The van der Waals surface area contributed by atoms with Gasteiger partial charge in [-0.15, -0.1) is 0 Å². The Morgan fingerprint density at radius 3 is 2.74 bits per heavy atom. The summed E-state index contributed by atoms with van der Waals surface area (Å²) in [5, 5.41) is 4.92. The zero-order valence-corrected chi connectivity index (χ0v) is 11.9. The lowest BCUT2D eigenvalue weighted by molar-refractivity contribution is 0.680. The first kappa shape index (κ1) is 12.9. The fraction of sp³-hybridized carbons (Fsp3) is 0.286. The van der Waals surface area contributed by atoms with E-state index in [0.29, 0.717) is 6.04 Å². The Balaban J connectivity index is 1.61. The van der Waals surface area contributed by atoms with Gasteiger partial charge in [-0.3, -0.25) is 0 Å². The van der Waals surface area contributed by atoms with E-state index in [0.717, 1.165) is 27.2 Å². The van der Waals surface area contributed by atoms with Gasteiger partial charge in [-0.2, -0.15) is 0 Å². The molecule has 0 spiro atoms. The highest BCUT2D eigenvalue weighted by molar-refractivity contribution is 7.99. The molecule has 0 saturated heterocycles. The van der Waals surface area contributed by atoms with Crippen LogP contribution in [0, 0.1) is 0 Å². The molecule has 1 N–H and O–H groups in total. The van der Waals surface area contributed by atoms with Crippen molar-refractivity contribution < 1.29 is 0 Å². The van der Waals surface area contributed by atoms with Crippen molar-refractivity contribution in [3.05, 3.63) is 47.2 Å². The summed E-state index contributed by atoms with van der Waals surface area (Å²) in [5.41, 5.74) is 1.13. The van der Waals surface area contributed by atoms with E-state index in [4.69, 9.17) is 11.6 Å². The van der Waals surface area contributed by atoms with E-state index in [1.54, 1.807) is 0 Å². The van der Waals surface area contributed by atoms with Crippen LogP contribution in [-0.4, -0.2) is 16.0 Å². The van der Waals surface area contributed by atoms with Crippen molar-refractivity contribution in [2.45, 2.75) is 35.5 Å². The molecule has 1 fully saturated rings. The molecule has 1 aromatic heterocycles. The van der Waals surface area contributed by atoms with Gasteiger partial charge in [0.1, 0.15) is 0 Å². The number of hydrogen-bond acceptors (Lipinski definition) is 4. The largest absolute Gasteiger partial charge is 0.310 e. The van der Waals surface area contributed by atoms with Gasteiger partial charge in [0.25, 0.3) is 0 Å². The summed E-state index contributed by atoms with van der Waals surface area (Å²) in [6.07, 6.45) is 6.36. The molecule has 5 heteroatoms. The Morgan fingerprint density at radius 1 is 1.26 bits per heavy atom. The molecule has 19 heavy (non-hydrogen) atoms. The van der Waals surface area contributed by atoms with Gasteiger partial charge in [-0.25, -0.2) is 9.97 Å². The first-order valence-corrected chi connectivity index (χ1v) is 7.47. The lowest BCUT2D eigenvalue weighted by atomic mass is 10.3. The highest BCUT2D eigenvalue weighted by Gasteiger charge is 2.19. The van der Waals surface area contributed by atoms with Crippen LogP contribution in [0.15, 0.2) is 46.7 Å². The number of hydrogen-bond donors (Lipinski definition) is 1. The molecule has 1 aromatic carbocycles. The number of halogens is 1. The van der Waals surface area contributed by atoms with E-state index in [1.807, 2.05) is 36.7 Å². The van der Waals surface area contributed by atoms with Gasteiger partial charge in [0.15, 0.2) is 5.16 Å². The zero-order valence-electron chi connectivity index (χ0n) is 10.3. The van der Waals surface area contributed by atoms with Gasteiger partial charge >= 0.3 is 0 Å². The van der Waals surface area contributed by atoms with E-state index in [2.05, 4.69) is 15.3 Å². The van der Waals surface area contributed by atoms with Crippen molar-refractivity contribution in [2.24, 2.45) is 0 Å². The third-order valence-corrected chi connectivity index (χ3v) is 3.98. The second-order valence-corrected chi connectivity index (χ2v) is 6.07. The van der Waals surface area contributed by atoms with Crippen molar-refractivity contribution in [3.8, 4) is 0 Å². The Hall–Kier alpha value is -1.10. The minimum atomic E-state index is 0.709. The van der Waals surface area contributed by atoms with E-state index in [1.165, 1.54) is 24.6 Å². The summed E-state index contributed by atoms with van der Waals surface area (Å²) in [7, 11) is 0. The van der Waals surface area contributed by atoms with Crippen LogP contribution in [0.5, 0.6) is 0 Å². The third-order valence-electron chi connectivity index (χ3n) is 2.86. The molecule has 0 amide bonds. The summed E-state index contributed by atoms with van der Waals surface area (Å²) in [6, 6.07) is 8.42. The molecule has 3 nitrogen and oxygen atoms in total. The van der Waals surface area contributed by atoms with Crippen LogP contribution in [0.2, 0.25) is 5.02 Å². The van der Waals surface area contributed by atoms with Gasteiger partial charge in [-0.05, 0) is 42.8 Å². The van der Waals surface area contributed by atoms with Crippen LogP contribution >= 0.6 is 23.4 Å². The molecular weight excluding hydrogens is 278 g/mol. The second-order valence-electron chi connectivity index (χ2n) is 4.59. The smallest absolute Gasteiger partial charge is 0.192 e. The predicted octanol–water partition coefficient (Wildman–Crippen LogP) is 3.53. The van der Waals surface area contributed by atoms with Crippen molar-refractivity contribution in [1.82, 2.24) is 15.3 Å². The fourth-order valence-electron chi connectivity index (χ4n) is 1.67. The quantitative estimate of drug-likeness (QED) is 0.855. The minimum Gasteiger partial charge on any atom is -0.310 e. The van der Waals surface area contributed by atoms with Crippen molar-refractivity contribution in [3.63, 3.8) is 0 Å². The normalized spacial score (nSPS) is 14.6. The predicted molar refractivity (Wildman–Crippen MR) is 77.5 cm³/mol. The van der Waals surface area contributed by atoms with E-state index in [9.17, 15) is 0 Å². The Bertz CT molecular complexity index is 555. The van der Waals surface area contributed by atoms with Gasteiger partial charge in [0, 0.05) is 40.5 Å². The van der Waals surface area contributed by atoms with Crippen LogP contribution in [0.1, 0.15) is 18.4 Å². The van der Waals surface area contributed by atoms with E-state index < -0.39 is 0 Å². The molecular formula is C14H14ClN3S. The molecule has 3 rings (SSSR count). The molecule has 0 aliphatic heterocycles. The van der Waals surface area contributed by atoms with Crippen LogP contribution < -0.4 is 5.32 Å². The van der Waals surface area contributed by atoms with Gasteiger partial charge < -0.3 is 5.32 Å². The van der Waals surface area contributed by atoms with Gasteiger partial charge in [-0.1, -0.05) is 17.7 Å². The average molecular weight is 292 g/mol. The summed E-state index contributed by atoms with van der Waals surface area (Å²) < 4.78 is 0. The molecule has 1 heterocycles. The molecule has 1 saturated carbocycles. The van der Waals surface area contributed by atoms with Crippen LogP contribution in [0.25, 0.3) is 0 Å². The Labute approximate surface area is 121 Å².